The van der Waals surface area contributed by atoms with Crippen molar-refractivity contribution in [1.29, 1.82) is 0 Å². The summed E-state index contributed by atoms with van der Waals surface area (Å²) in [6.07, 6.45) is 1.51. The lowest BCUT2D eigenvalue weighted by Crippen LogP contribution is -2.34. The monoisotopic (exact) mass is 332 g/mol. The van der Waals surface area contributed by atoms with E-state index < -0.39 is 0 Å². The maximum absolute atomic E-state index is 13.2. The number of amides is 1. The van der Waals surface area contributed by atoms with Gasteiger partial charge in [0.25, 0.3) is 5.91 Å². The van der Waals surface area contributed by atoms with Crippen molar-refractivity contribution in [2.24, 2.45) is 5.92 Å². The van der Waals surface area contributed by atoms with Crippen LogP contribution < -0.4 is 5.73 Å². The summed E-state index contributed by atoms with van der Waals surface area (Å²) in [5.41, 5.74) is 7.36. The Morgan fingerprint density at radius 1 is 1.21 bits per heavy atom. The highest BCUT2D eigenvalue weighted by molar-refractivity contribution is 5.98. The number of hydrogen-bond acceptors (Lipinski definition) is 3. The van der Waals surface area contributed by atoms with Crippen LogP contribution in [0.1, 0.15) is 55.7 Å². The quantitative estimate of drug-likeness (QED) is 0.909. The van der Waals surface area contributed by atoms with E-state index in [2.05, 4.69) is 5.10 Å². The highest BCUT2D eigenvalue weighted by Crippen LogP contribution is 2.30. The van der Waals surface area contributed by atoms with Crippen molar-refractivity contribution in [3.05, 3.63) is 47.4 Å². The van der Waals surface area contributed by atoms with Gasteiger partial charge in [-0.25, -0.2) is 9.07 Å². The van der Waals surface area contributed by atoms with Gasteiger partial charge in [-0.05, 0) is 37.5 Å². The average molecular weight is 332 g/mol. The van der Waals surface area contributed by atoms with Crippen molar-refractivity contribution in [1.82, 2.24) is 14.7 Å². The first kappa shape index (κ1) is 18.0. The number of carbonyl (C=O) groups is 1. The molecular formula is C18H25FN4O. The second-order valence-electron chi connectivity index (χ2n) is 6.64. The predicted octanol–water partition coefficient (Wildman–Crippen LogP) is 3.65. The molecule has 2 rings (SSSR count). The number of carbonyl (C=O) groups excluding carboxylic acids is 1. The van der Waals surface area contributed by atoms with Crippen LogP contribution in [0.2, 0.25) is 0 Å². The number of aromatic nitrogens is 2. The first-order valence-electron chi connectivity index (χ1n) is 8.09. The van der Waals surface area contributed by atoms with Crippen molar-refractivity contribution >= 4 is 11.7 Å². The van der Waals surface area contributed by atoms with E-state index in [9.17, 15) is 9.18 Å². The maximum Gasteiger partial charge on any atom is 0.259 e. The molecule has 0 unspecified atom stereocenters. The molecule has 2 aromatic rings. The van der Waals surface area contributed by atoms with Gasteiger partial charge < -0.3 is 10.6 Å². The lowest BCUT2D eigenvalue weighted by Gasteiger charge is -2.31. The molecule has 0 saturated carbocycles. The van der Waals surface area contributed by atoms with Crippen molar-refractivity contribution in [2.45, 2.75) is 39.8 Å². The van der Waals surface area contributed by atoms with Crippen LogP contribution in [-0.4, -0.2) is 27.6 Å². The topological polar surface area (TPSA) is 64.2 Å². The van der Waals surface area contributed by atoms with Crippen LogP contribution in [0.15, 0.2) is 30.5 Å². The lowest BCUT2D eigenvalue weighted by atomic mass is 9.94. The van der Waals surface area contributed by atoms with E-state index in [-0.39, 0.29) is 29.7 Å². The smallest absolute Gasteiger partial charge is 0.259 e. The normalized spacial score (nSPS) is 12.7. The van der Waals surface area contributed by atoms with E-state index in [1.54, 1.807) is 28.8 Å². The van der Waals surface area contributed by atoms with Gasteiger partial charge in [-0.3, -0.25) is 4.79 Å². The van der Waals surface area contributed by atoms with E-state index in [1.807, 2.05) is 27.7 Å². The van der Waals surface area contributed by atoms with Crippen molar-refractivity contribution < 1.29 is 9.18 Å². The first-order chi connectivity index (χ1) is 11.2. The van der Waals surface area contributed by atoms with Crippen molar-refractivity contribution in [3.63, 3.8) is 0 Å². The van der Waals surface area contributed by atoms with Gasteiger partial charge in [0.1, 0.15) is 17.2 Å². The molecule has 0 aliphatic rings. The minimum Gasteiger partial charge on any atom is -0.383 e. The Hall–Kier alpha value is -2.37. The van der Waals surface area contributed by atoms with Crippen LogP contribution in [0.5, 0.6) is 0 Å². The third kappa shape index (κ3) is 3.42. The first-order valence-corrected chi connectivity index (χ1v) is 8.09. The lowest BCUT2D eigenvalue weighted by molar-refractivity contribution is 0.0688. The van der Waals surface area contributed by atoms with Crippen molar-refractivity contribution in [3.8, 4) is 0 Å². The molecule has 0 radical (unpaired) electrons. The average Bonchev–Trinajstić information content (AvgIpc) is 2.90. The van der Waals surface area contributed by atoms with Crippen LogP contribution in [0, 0.1) is 11.7 Å². The summed E-state index contributed by atoms with van der Waals surface area (Å²) in [7, 11) is 1.74. The molecule has 1 aromatic heterocycles. The Kier molecular flexibility index (Phi) is 5.26. The van der Waals surface area contributed by atoms with Crippen LogP contribution in [0.4, 0.5) is 10.2 Å². The number of halogens is 1. The van der Waals surface area contributed by atoms with Crippen LogP contribution in [-0.2, 0) is 0 Å². The van der Waals surface area contributed by atoms with E-state index in [0.29, 0.717) is 11.4 Å². The van der Waals surface area contributed by atoms with Gasteiger partial charge in [0.2, 0.25) is 0 Å². The third-order valence-electron chi connectivity index (χ3n) is 4.13. The molecule has 130 valence electrons. The molecule has 0 spiro atoms. The van der Waals surface area contributed by atoms with Crippen LogP contribution in [0.3, 0.4) is 0 Å². The summed E-state index contributed by atoms with van der Waals surface area (Å²) in [6.45, 7) is 7.96. The van der Waals surface area contributed by atoms with Gasteiger partial charge in [0.05, 0.1) is 12.2 Å². The number of benzene rings is 1. The van der Waals surface area contributed by atoms with E-state index in [4.69, 9.17) is 5.73 Å². The van der Waals surface area contributed by atoms with E-state index in [0.717, 1.165) is 5.56 Å². The standard InChI is InChI=1S/C18H25FN4O/c1-11(2)16(13-6-8-14(19)9-7-13)22(5)18(24)15-10-21-23(12(3)4)17(15)20/h6-12,16H,20H2,1-5H3/t16-/m0/s1. The Labute approximate surface area is 142 Å². The predicted molar refractivity (Wildman–Crippen MR) is 93.1 cm³/mol. The summed E-state index contributed by atoms with van der Waals surface area (Å²) in [5.74, 6) is 0.0364. The Bertz CT molecular complexity index is 706. The summed E-state index contributed by atoms with van der Waals surface area (Å²) in [4.78, 5) is 14.6. The van der Waals surface area contributed by atoms with E-state index >= 15 is 0 Å². The molecule has 1 amide bonds. The number of anilines is 1. The largest absolute Gasteiger partial charge is 0.383 e. The summed E-state index contributed by atoms with van der Waals surface area (Å²) >= 11 is 0. The van der Waals surface area contributed by atoms with Gasteiger partial charge in [-0.2, -0.15) is 5.10 Å². The van der Waals surface area contributed by atoms with Gasteiger partial charge in [-0.15, -0.1) is 0 Å². The zero-order valence-corrected chi connectivity index (χ0v) is 14.8. The Morgan fingerprint density at radius 2 is 1.79 bits per heavy atom. The minimum atomic E-state index is -0.294. The van der Waals surface area contributed by atoms with Crippen LogP contribution >= 0.6 is 0 Å². The molecule has 1 aromatic carbocycles. The molecule has 5 nitrogen and oxygen atoms in total. The summed E-state index contributed by atoms with van der Waals surface area (Å²) in [5, 5.41) is 4.20. The third-order valence-corrected chi connectivity index (χ3v) is 4.13. The zero-order chi connectivity index (χ0) is 18.0. The molecule has 1 heterocycles. The molecule has 24 heavy (non-hydrogen) atoms. The van der Waals surface area contributed by atoms with Gasteiger partial charge >= 0.3 is 0 Å². The number of hydrogen-bond donors (Lipinski definition) is 1. The zero-order valence-electron chi connectivity index (χ0n) is 14.8. The minimum absolute atomic E-state index is 0.0786. The summed E-state index contributed by atoms with van der Waals surface area (Å²) < 4.78 is 14.8. The van der Waals surface area contributed by atoms with Gasteiger partial charge in [-0.1, -0.05) is 26.0 Å². The van der Waals surface area contributed by atoms with Crippen molar-refractivity contribution in [2.75, 3.05) is 12.8 Å². The maximum atomic E-state index is 13.2. The Morgan fingerprint density at radius 3 is 2.25 bits per heavy atom. The molecule has 0 aliphatic heterocycles. The van der Waals surface area contributed by atoms with E-state index in [1.165, 1.54) is 18.3 Å². The fraction of sp³-hybridized carbons (Fsp3) is 0.444. The molecule has 0 aliphatic carbocycles. The fourth-order valence-electron chi connectivity index (χ4n) is 2.98. The SMILES string of the molecule is CC(C)[C@@H](c1ccc(F)cc1)N(C)C(=O)c1cnn(C(C)C)c1N. The van der Waals surface area contributed by atoms with Gasteiger partial charge in [0, 0.05) is 13.1 Å². The number of rotatable bonds is 5. The number of nitrogen functional groups attached to an aromatic ring is 1. The molecule has 1 atom stereocenters. The second-order valence-corrected chi connectivity index (χ2v) is 6.64. The number of nitrogens with zero attached hydrogens (tertiary/aromatic N) is 3. The Balaban J connectivity index is 2.34. The highest BCUT2D eigenvalue weighted by Gasteiger charge is 2.28. The van der Waals surface area contributed by atoms with Crippen LogP contribution in [0.25, 0.3) is 0 Å². The molecule has 0 fully saturated rings. The molecule has 0 bridgehead atoms. The molecular weight excluding hydrogens is 307 g/mol. The molecule has 6 heteroatoms. The second kappa shape index (κ2) is 7.03. The highest BCUT2D eigenvalue weighted by atomic mass is 19.1. The van der Waals surface area contributed by atoms with Gasteiger partial charge in [0.15, 0.2) is 0 Å². The fourth-order valence-corrected chi connectivity index (χ4v) is 2.98. The summed E-state index contributed by atoms with van der Waals surface area (Å²) in [6, 6.07) is 6.15. The molecule has 0 saturated heterocycles. The number of nitrogens with two attached hydrogens (primary N) is 1. The molecule has 2 N–H and O–H groups in total.